The van der Waals surface area contributed by atoms with Crippen LogP contribution in [0.15, 0.2) is 54.3 Å². The zero-order chi connectivity index (χ0) is 24.1. The number of amides is 2. The van der Waals surface area contributed by atoms with Gasteiger partial charge in [-0.25, -0.2) is 9.59 Å². The topological polar surface area (TPSA) is 78.9 Å². The van der Waals surface area contributed by atoms with Crippen molar-refractivity contribution in [3.05, 3.63) is 59.9 Å². The number of aliphatic carboxylic acids is 1. The normalized spacial score (nSPS) is 11.2. The highest BCUT2D eigenvalue weighted by Gasteiger charge is 2.12. The third-order valence-electron chi connectivity index (χ3n) is 5.31. The van der Waals surface area contributed by atoms with Gasteiger partial charge in [-0.05, 0) is 47.7 Å². The number of nitrogens with zero attached hydrogens (tertiary/aromatic N) is 1. The molecule has 6 nitrogen and oxygen atoms in total. The maximum absolute atomic E-state index is 12.5. The van der Waals surface area contributed by atoms with Crippen LogP contribution in [0, 0.1) is 0 Å². The van der Waals surface area contributed by atoms with Crippen molar-refractivity contribution in [2.24, 2.45) is 0 Å². The second kappa shape index (κ2) is 14.0. The summed E-state index contributed by atoms with van der Waals surface area (Å²) in [6, 6.07) is 15.3. The number of rotatable bonds is 13. The highest BCUT2D eigenvalue weighted by molar-refractivity contribution is 5.92. The maximum atomic E-state index is 12.5. The lowest BCUT2D eigenvalue weighted by atomic mass is 10.0. The van der Waals surface area contributed by atoms with Crippen LogP contribution >= 0.6 is 0 Å². The summed E-state index contributed by atoms with van der Waals surface area (Å²) < 4.78 is 5.31. The van der Waals surface area contributed by atoms with Crippen LogP contribution < -0.4 is 10.2 Å². The molecule has 0 saturated heterocycles. The van der Waals surface area contributed by atoms with E-state index >= 15 is 0 Å². The molecule has 0 aromatic heterocycles. The second-order valence-corrected chi connectivity index (χ2v) is 8.04. The van der Waals surface area contributed by atoms with Gasteiger partial charge in [0.1, 0.15) is 0 Å². The third kappa shape index (κ3) is 8.64. The molecule has 0 fully saturated rings. The number of carbonyl (C=O) groups excluding carboxylic acids is 1. The molecule has 178 valence electrons. The summed E-state index contributed by atoms with van der Waals surface area (Å²) >= 11 is 0. The molecule has 0 aliphatic heterocycles. The SMILES string of the molecule is CCCCCCCNC(=O)N(C)c1cccc(-c2ccc(/C=C(/OCCC)C(=O)O)cc2)c1. The van der Waals surface area contributed by atoms with Crippen LogP contribution in [-0.2, 0) is 9.53 Å². The van der Waals surface area contributed by atoms with E-state index in [1.54, 1.807) is 11.9 Å². The van der Waals surface area contributed by atoms with Crippen molar-refractivity contribution in [2.75, 3.05) is 25.1 Å². The molecule has 0 bridgehead atoms. The van der Waals surface area contributed by atoms with Gasteiger partial charge in [-0.15, -0.1) is 0 Å². The molecule has 2 rings (SSSR count). The minimum atomic E-state index is -1.08. The number of urea groups is 1. The fourth-order valence-corrected chi connectivity index (χ4v) is 3.35. The number of unbranched alkanes of at least 4 members (excludes halogenated alkanes) is 4. The van der Waals surface area contributed by atoms with Crippen molar-refractivity contribution in [1.29, 1.82) is 0 Å². The number of hydrogen-bond donors (Lipinski definition) is 2. The molecule has 2 N–H and O–H groups in total. The average molecular weight is 453 g/mol. The molecule has 2 aromatic rings. The first-order chi connectivity index (χ1) is 16.0. The first-order valence-corrected chi connectivity index (χ1v) is 11.8. The monoisotopic (exact) mass is 452 g/mol. The van der Waals surface area contributed by atoms with Gasteiger partial charge in [-0.2, -0.15) is 0 Å². The fourth-order valence-electron chi connectivity index (χ4n) is 3.35. The summed E-state index contributed by atoms with van der Waals surface area (Å²) in [4.78, 5) is 25.5. The molecule has 33 heavy (non-hydrogen) atoms. The van der Waals surface area contributed by atoms with Crippen molar-refractivity contribution in [1.82, 2.24) is 5.32 Å². The van der Waals surface area contributed by atoms with E-state index in [4.69, 9.17) is 4.74 Å². The van der Waals surface area contributed by atoms with Gasteiger partial charge in [-0.3, -0.25) is 4.90 Å². The fraction of sp³-hybridized carbons (Fsp3) is 0.407. The van der Waals surface area contributed by atoms with Gasteiger partial charge in [0.05, 0.1) is 6.61 Å². The largest absolute Gasteiger partial charge is 0.487 e. The molecular weight excluding hydrogens is 416 g/mol. The van der Waals surface area contributed by atoms with Gasteiger partial charge in [0.15, 0.2) is 0 Å². The predicted octanol–water partition coefficient (Wildman–Crippen LogP) is 6.32. The first-order valence-electron chi connectivity index (χ1n) is 11.8. The van der Waals surface area contributed by atoms with E-state index in [9.17, 15) is 14.7 Å². The number of ether oxygens (including phenoxy) is 1. The molecule has 0 aliphatic carbocycles. The van der Waals surface area contributed by atoms with Crippen LogP contribution in [0.2, 0.25) is 0 Å². The van der Waals surface area contributed by atoms with E-state index in [0.29, 0.717) is 13.2 Å². The van der Waals surface area contributed by atoms with Gasteiger partial charge in [0.2, 0.25) is 5.76 Å². The van der Waals surface area contributed by atoms with Crippen LogP contribution in [0.5, 0.6) is 0 Å². The minimum absolute atomic E-state index is 0.0652. The Balaban J connectivity index is 2.03. The quantitative estimate of drug-likeness (QED) is 0.212. The number of nitrogens with one attached hydrogen (secondary N) is 1. The van der Waals surface area contributed by atoms with Crippen LogP contribution in [0.1, 0.15) is 57.9 Å². The second-order valence-electron chi connectivity index (χ2n) is 8.04. The summed E-state index contributed by atoms with van der Waals surface area (Å²) in [7, 11) is 1.77. The molecule has 0 aliphatic rings. The third-order valence-corrected chi connectivity index (χ3v) is 5.31. The van der Waals surface area contributed by atoms with Crippen molar-refractivity contribution >= 4 is 23.8 Å². The summed E-state index contributed by atoms with van der Waals surface area (Å²) in [6.07, 6.45) is 8.06. The van der Waals surface area contributed by atoms with Crippen LogP contribution in [0.4, 0.5) is 10.5 Å². The predicted molar refractivity (Wildman–Crippen MR) is 134 cm³/mol. The molecule has 0 spiro atoms. The van der Waals surface area contributed by atoms with Crippen LogP contribution in [0.3, 0.4) is 0 Å². The van der Waals surface area contributed by atoms with Crippen LogP contribution in [0.25, 0.3) is 17.2 Å². The Morgan fingerprint density at radius 2 is 1.70 bits per heavy atom. The van der Waals surface area contributed by atoms with Gasteiger partial charge in [0.25, 0.3) is 0 Å². The average Bonchev–Trinajstić information content (AvgIpc) is 2.83. The number of benzene rings is 2. The first kappa shape index (κ1) is 26.0. The molecule has 2 aromatic carbocycles. The number of anilines is 1. The molecule has 2 amide bonds. The lowest BCUT2D eigenvalue weighted by Crippen LogP contribution is -2.37. The Hall–Kier alpha value is -3.28. The molecule has 0 radical (unpaired) electrons. The van der Waals surface area contributed by atoms with Gasteiger partial charge < -0.3 is 15.2 Å². The Labute approximate surface area is 197 Å². The molecule has 0 atom stereocenters. The van der Waals surface area contributed by atoms with Crippen LogP contribution in [-0.4, -0.2) is 37.3 Å². The molecule has 0 unspecified atom stereocenters. The molecule has 6 heteroatoms. The Kier molecular flexibility index (Phi) is 11.0. The molecule has 0 heterocycles. The minimum Gasteiger partial charge on any atom is -0.487 e. The zero-order valence-corrected chi connectivity index (χ0v) is 20.0. The highest BCUT2D eigenvalue weighted by Crippen LogP contribution is 2.25. The Morgan fingerprint density at radius 1 is 0.970 bits per heavy atom. The van der Waals surface area contributed by atoms with E-state index in [1.807, 2.05) is 55.5 Å². The number of carboxylic acid groups (broad SMARTS) is 1. The summed E-state index contributed by atoms with van der Waals surface area (Å²) in [6.45, 7) is 5.16. The summed E-state index contributed by atoms with van der Waals surface area (Å²) in [5.41, 5.74) is 3.51. The standard InChI is InChI=1S/C27H36N2O4/c1-4-6-7-8-9-17-28-27(32)29(3)24-12-10-11-23(20-24)22-15-13-21(14-16-22)19-25(26(30)31)33-18-5-2/h10-16,19-20H,4-9,17-18H2,1-3H3,(H,28,32)(H,30,31)/b25-19+. The number of carbonyl (C=O) groups is 2. The molecular formula is C27H36N2O4. The van der Waals surface area contributed by atoms with Crippen molar-refractivity contribution in [3.63, 3.8) is 0 Å². The zero-order valence-electron chi connectivity index (χ0n) is 20.0. The van der Waals surface area contributed by atoms with Gasteiger partial charge in [0, 0.05) is 19.3 Å². The lowest BCUT2D eigenvalue weighted by Gasteiger charge is -2.19. The van der Waals surface area contributed by atoms with Crippen molar-refractivity contribution in [3.8, 4) is 11.1 Å². The lowest BCUT2D eigenvalue weighted by molar-refractivity contribution is -0.136. The van der Waals surface area contributed by atoms with E-state index < -0.39 is 5.97 Å². The van der Waals surface area contributed by atoms with Gasteiger partial charge >= 0.3 is 12.0 Å². The van der Waals surface area contributed by atoms with Crippen molar-refractivity contribution < 1.29 is 19.4 Å². The molecule has 0 saturated carbocycles. The Bertz CT molecular complexity index is 922. The van der Waals surface area contributed by atoms with E-state index in [0.717, 1.165) is 41.6 Å². The smallest absolute Gasteiger partial charge is 0.371 e. The maximum Gasteiger partial charge on any atom is 0.371 e. The Morgan fingerprint density at radius 3 is 2.36 bits per heavy atom. The van der Waals surface area contributed by atoms with Crippen molar-refractivity contribution in [2.45, 2.75) is 52.4 Å². The summed E-state index contributed by atoms with van der Waals surface area (Å²) in [5, 5.41) is 12.3. The van der Waals surface area contributed by atoms with Gasteiger partial charge in [-0.1, -0.05) is 75.9 Å². The van der Waals surface area contributed by atoms with E-state index in [-0.39, 0.29) is 11.8 Å². The number of hydrogen-bond acceptors (Lipinski definition) is 3. The number of carboxylic acids is 1. The highest BCUT2D eigenvalue weighted by atomic mass is 16.5. The van der Waals surface area contributed by atoms with E-state index in [2.05, 4.69) is 12.2 Å². The van der Waals surface area contributed by atoms with E-state index in [1.165, 1.54) is 25.3 Å². The summed E-state index contributed by atoms with van der Waals surface area (Å²) in [5.74, 6) is -1.15.